The normalized spacial score (nSPS) is 22.4. The number of hydrogen-bond acceptors (Lipinski definition) is 3. The minimum absolute atomic E-state index is 0.103. The summed E-state index contributed by atoms with van der Waals surface area (Å²) in [7, 11) is 0. The summed E-state index contributed by atoms with van der Waals surface area (Å²) in [5.74, 6) is -0.250. The third kappa shape index (κ3) is 4.99. The fourth-order valence-corrected chi connectivity index (χ4v) is 2.34. The van der Waals surface area contributed by atoms with Crippen molar-refractivity contribution in [3.05, 3.63) is 29.8 Å². The van der Waals surface area contributed by atoms with Crippen LogP contribution in [0.3, 0.4) is 0 Å². The van der Waals surface area contributed by atoms with Gasteiger partial charge in [0.1, 0.15) is 6.04 Å². The van der Waals surface area contributed by atoms with Gasteiger partial charge in [0.2, 0.25) is 5.91 Å². The van der Waals surface area contributed by atoms with E-state index >= 15 is 0 Å². The second kappa shape index (κ2) is 7.11. The van der Waals surface area contributed by atoms with Crippen LogP contribution in [0.25, 0.3) is 0 Å². The Morgan fingerprint density at radius 1 is 1.45 bits per heavy atom. The van der Waals surface area contributed by atoms with Gasteiger partial charge in [-0.3, -0.25) is 4.79 Å². The molecule has 0 spiro atoms. The lowest BCUT2D eigenvalue weighted by atomic mass is 10.1. The van der Waals surface area contributed by atoms with Crippen LogP contribution in [0, 0.1) is 0 Å². The molecular weight excluding hydrogens is 297 g/mol. The summed E-state index contributed by atoms with van der Waals surface area (Å²) in [6.45, 7) is 2.95. The Balaban J connectivity index is 1.96. The molecule has 122 valence electrons. The van der Waals surface area contributed by atoms with E-state index in [1.165, 1.54) is 0 Å². The minimum atomic E-state index is -4.18. The van der Waals surface area contributed by atoms with E-state index in [2.05, 4.69) is 10.6 Å². The second-order valence-electron chi connectivity index (χ2n) is 5.31. The molecular formula is C15H19F3N2O2. The predicted molar refractivity (Wildman–Crippen MR) is 76.7 cm³/mol. The molecule has 1 aliphatic heterocycles. The highest BCUT2D eigenvalue weighted by Crippen LogP contribution is 2.23. The zero-order chi connectivity index (χ0) is 16.2. The first-order valence-corrected chi connectivity index (χ1v) is 7.17. The van der Waals surface area contributed by atoms with Gasteiger partial charge in [-0.1, -0.05) is 12.1 Å². The SMILES string of the molecule is C[C@H]1OCCN[C@@H]1C(=O)Nc1cccc(CCC(F)(F)F)c1. The average Bonchev–Trinajstić information content (AvgIpc) is 2.45. The Kier molecular flexibility index (Phi) is 5.42. The molecule has 2 atom stereocenters. The third-order valence-electron chi connectivity index (χ3n) is 3.49. The standard InChI is InChI=1S/C15H19F3N2O2/c1-10-13(19-7-8-22-10)14(21)20-12-4-2-3-11(9-12)5-6-15(16,17)18/h2-4,9-10,13,19H,5-8H2,1H3,(H,20,21)/t10-,13+/m1/s1. The highest BCUT2D eigenvalue weighted by Gasteiger charge is 2.28. The van der Waals surface area contributed by atoms with E-state index in [1.807, 2.05) is 0 Å². The summed E-state index contributed by atoms with van der Waals surface area (Å²) in [5, 5.41) is 5.78. The number of anilines is 1. The molecule has 4 nitrogen and oxygen atoms in total. The van der Waals surface area contributed by atoms with E-state index in [0.717, 1.165) is 0 Å². The summed E-state index contributed by atoms with van der Waals surface area (Å²) in [6.07, 6.45) is -5.41. The van der Waals surface area contributed by atoms with Gasteiger partial charge in [0.15, 0.2) is 0 Å². The monoisotopic (exact) mass is 316 g/mol. The molecule has 0 bridgehead atoms. The van der Waals surface area contributed by atoms with Gasteiger partial charge in [0, 0.05) is 18.7 Å². The van der Waals surface area contributed by atoms with Crippen LogP contribution < -0.4 is 10.6 Å². The molecule has 1 saturated heterocycles. The van der Waals surface area contributed by atoms with Gasteiger partial charge in [-0.05, 0) is 31.0 Å². The smallest absolute Gasteiger partial charge is 0.375 e. The molecule has 1 aromatic carbocycles. The van der Waals surface area contributed by atoms with Gasteiger partial charge in [0.25, 0.3) is 0 Å². The highest BCUT2D eigenvalue weighted by molar-refractivity contribution is 5.95. The van der Waals surface area contributed by atoms with Crippen molar-refractivity contribution >= 4 is 11.6 Å². The van der Waals surface area contributed by atoms with Crippen LogP contribution in [0.2, 0.25) is 0 Å². The van der Waals surface area contributed by atoms with Gasteiger partial charge < -0.3 is 15.4 Å². The first kappa shape index (κ1) is 16.8. The lowest BCUT2D eigenvalue weighted by molar-refractivity contribution is -0.134. The number of halogens is 3. The minimum Gasteiger partial charge on any atom is -0.375 e. The van der Waals surface area contributed by atoms with Crippen LogP contribution in [0.1, 0.15) is 18.9 Å². The van der Waals surface area contributed by atoms with Crippen molar-refractivity contribution in [1.82, 2.24) is 5.32 Å². The number of carbonyl (C=O) groups is 1. The van der Waals surface area contributed by atoms with Crippen molar-refractivity contribution in [2.24, 2.45) is 0 Å². The molecule has 0 aliphatic carbocycles. The van der Waals surface area contributed by atoms with Gasteiger partial charge in [-0.15, -0.1) is 0 Å². The molecule has 0 saturated carbocycles. The summed E-state index contributed by atoms with van der Waals surface area (Å²) in [5.41, 5.74) is 1.03. The largest absolute Gasteiger partial charge is 0.389 e. The van der Waals surface area contributed by atoms with Crippen LogP contribution in [0.5, 0.6) is 0 Å². The molecule has 0 aromatic heterocycles. The first-order valence-electron chi connectivity index (χ1n) is 7.17. The van der Waals surface area contributed by atoms with Crippen LogP contribution in [-0.4, -0.2) is 37.4 Å². The molecule has 0 radical (unpaired) electrons. The summed E-state index contributed by atoms with van der Waals surface area (Å²) in [4.78, 5) is 12.2. The summed E-state index contributed by atoms with van der Waals surface area (Å²) in [6, 6.07) is 6.01. The lowest BCUT2D eigenvalue weighted by Crippen LogP contribution is -2.53. The average molecular weight is 316 g/mol. The number of rotatable bonds is 4. The maximum absolute atomic E-state index is 12.2. The van der Waals surface area contributed by atoms with Crippen LogP contribution in [0.15, 0.2) is 24.3 Å². The zero-order valence-electron chi connectivity index (χ0n) is 12.2. The van der Waals surface area contributed by atoms with Crippen LogP contribution >= 0.6 is 0 Å². The number of hydrogen-bond donors (Lipinski definition) is 2. The number of alkyl halides is 3. The number of amides is 1. The molecule has 7 heteroatoms. The number of benzene rings is 1. The quantitative estimate of drug-likeness (QED) is 0.897. The lowest BCUT2D eigenvalue weighted by Gasteiger charge is -2.29. The van der Waals surface area contributed by atoms with Crippen LogP contribution in [0.4, 0.5) is 18.9 Å². The predicted octanol–water partition coefficient (Wildman–Crippen LogP) is 2.50. The fourth-order valence-electron chi connectivity index (χ4n) is 2.34. The molecule has 2 rings (SSSR count). The zero-order valence-corrected chi connectivity index (χ0v) is 12.2. The third-order valence-corrected chi connectivity index (χ3v) is 3.49. The molecule has 1 aliphatic rings. The molecule has 1 heterocycles. The van der Waals surface area contributed by atoms with Crippen molar-refractivity contribution in [2.75, 3.05) is 18.5 Å². The molecule has 1 fully saturated rings. The van der Waals surface area contributed by atoms with E-state index < -0.39 is 18.6 Å². The molecule has 1 aromatic rings. The number of nitrogens with one attached hydrogen (secondary N) is 2. The van der Waals surface area contributed by atoms with Crippen molar-refractivity contribution < 1.29 is 22.7 Å². The van der Waals surface area contributed by atoms with Crippen molar-refractivity contribution in [2.45, 2.75) is 38.1 Å². The Bertz CT molecular complexity index is 520. The second-order valence-corrected chi connectivity index (χ2v) is 5.31. The number of morpholine rings is 1. The van der Waals surface area contributed by atoms with E-state index in [1.54, 1.807) is 31.2 Å². The van der Waals surface area contributed by atoms with Crippen molar-refractivity contribution in [3.8, 4) is 0 Å². The Labute approximate surface area is 127 Å². The van der Waals surface area contributed by atoms with E-state index in [9.17, 15) is 18.0 Å². The van der Waals surface area contributed by atoms with Gasteiger partial charge >= 0.3 is 6.18 Å². The van der Waals surface area contributed by atoms with Crippen molar-refractivity contribution in [1.29, 1.82) is 0 Å². The van der Waals surface area contributed by atoms with Gasteiger partial charge in [0.05, 0.1) is 12.7 Å². The van der Waals surface area contributed by atoms with Gasteiger partial charge in [-0.25, -0.2) is 0 Å². The first-order chi connectivity index (χ1) is 10.3. The molecule has 1 amide bonds. The summed E-state index contributed by atoms with van der Waals surface area (Å²) >= 11 is 0. The fraction of sp³-hybridized carbons (Fsp3) is 0.533. The number of ether oxygens (including phenoxy) is 1. The molecule has 2 N–H and O–H groups in total. The Hall–Kier alpha value is -1.60. The highest BCUT2D eigenvalue weighted by atomic mass is 19.4. The Morgan fingerprint density at radius 3 is 2.91 bits per heavy atom. The maximum Gasteiger partial charge on any atom is 0.389 e. The molecule has 22 heavy (non-hydrogen) atoms. The maximum atomic E-state index is 12.2. The number of aryl methyl sites for hydroxylation is 1. The van der Waals surface area contributed by atoms with E-state index in [-0.39, 0.29) is 18.4 Å². The van der Waals surface area contributed by atoms with Gasteiger partial charge in [-0.2, -0.15) is 13.2 Å². The van der Waals surface area contributed by atoms with E-state index in [0.29, 0.717) is 24.4 Å². The van der Waals surface area contributed by atoms with E-state index in [4.69, 9.17) is 4.74 Å². The topological polar surface area (TPSA) is 50.4 Å². The van der Waals surface area contributed by atoms with Crippen molar-refractivity contribution in [3.63, 3.8) is 0 Å². The molecule has 0 unspecified atom stereocenters. The summed E-state index contributed by atoms with van der Waals surface area (Å²) < 4.78 is 42.1. The Morgan fingerprint density at radius 2 is 2.23 bits per heavy atom. The van der Waals surface area contributed by atoms with Crippen LogP contribution in [-0.2, 0) is 16.0 Å². The number of carbonyl (C=O) groups excluding carboxylic acids is 1.